The minimum Gasteiger partial charge on any atom is -0.393 e. The molecule has 5 heteroatoms. The van der Waals surface area contributed by atoms with Crippen LogP contribution in [-0.4, -0.2) is 36.1 Å². The number of hydrogen-bond acceptors (Lipinski definition) is 3. The lowest BCUT2D eigenvalue weighted by Gasteiger charge is -2.11. The monoisotopic (exact) mass is 290 g/mol. The van der Waals surface area contributed by atoms with E-state index in [4.69, 9.17) is 0 Å². The number of aliphatic hydroxyl groups is 1. The zero-order chi connectivity index (χ0) is 15.1. The second-order valence-corrected chi connectivity index (χ2v) is 5.51. The van der Waals surface area contributed by atoms with Gasteiger partial charge < -0.3 is 15.7 Å². The van der Waals surface area contributed by atoms with Crippen LogP contribution in [0.25, 0.3) is 0 Å². The number of hydrogen-bond donors (Lipinski definition) is 3. The van der Waals surface area contributed by atoms with Gasteiger partial charge in [-0.05, 0) is 37.3 Å². The van der Waals surface area contributed by atoms with Crippen LogP contribution in [0, 0.1) is 5.92 Å². The molecule has 1 saturated carbocycles. The normalized spacial score (nSPS) is 21.0. The van der Waals surface area contributed by atoms with Crippen LogP contribution in [0.4, 0.5) is 0 Å². The fourth-order valence-corrected chi connectivity index (χ4v) is 2.56. The van der Waals surface area contributed by atoms with Gasteiger partial charge in [0.1, 0.15) is 0 Å². The molecule has 0 aliphatic heterocycles. The Kier molecular flexibility index (Phi) is 5.75. The Balaban J connectivity index is 1.60. The minimum absolute atomic E-state index is 0.0650. The number of rotatable bonds is 6. The maximum absolute atomic E-state index is 11.8. The van der Waals surface area contributed by atoms with Crippen molar-refractivity contribution >= 4 is 11.8 Å². The predicted molar refractivity (Wildman–Crippen MR) is 79.7 cm³/mol. The summed E-state index contributed by atoms with van der Waals surface area (Å²) in [5.41, 5.74) is 0.595. The van der Waals surface area contributed by atoms with Crippen LogP contribution in [-0.2, 0) is 4.79 Å². The molecule has 2 atom stereocenters. The average molecular weight is 290 g/mol. The number of carbonyl (C=O) groups is 2. The Morgan fingerprint density at radius 2 is 1.90 bits per heavy atom. The van der Waals surface area contributed by atoms with Crippen molar-refractivity contribution in [3.8, 4) is 0 Å². The molecule has 2 unspecified atom stereocenters. The molecule has 0 radical (unpaired) electrons. The maximum atomic E-state index is 11.8. The molecule has 0 bridgehead atoms. The first-order chi connectivity index (χ1) is 10.1. The van der Waals surface area contributed by atoms with E-state index in [2.05, 4.69) is 10.6 Å². The van der Waals surface area contributed by atoms with E-state index in [1.807, 2.05) is 6.07 Å². The number of carbonyl (C=O) groups excluding carboxylic acids is 2. The van der Waals surface area contributed by atoms with E-state index in [9.17, 15) is 14.7 Å². The summed E-state index contributed by atoms with van der Waals surface area (Å²) in [4.78, 5) is 23.4. The van der Waals surface area contributed by atoms with Gasteiger partial charge in [-0.25, -0.2) is 0 Å². The second kappa shape index (κ2) is 7.78. The van der Waals surface area contributed by atoms with E-state index in [0.29, 0.717) is 24.6 Å². The Labute approximate surface area is 124 Å². The molecule has 21 heavy (non-hydrogen) atoms. The maximum Gasteiger partial charge on any atom is 0.251 e. The lowest BCUT2D eigenvalue weighted by Crippen LogP contribution is -2.33. The first kappa shape index (κ1) is 15.5. The Morgan fingerprint density at radius 1 is 1.14 bits per heavy atom. The largest absolute Gasteiger partial charge is 0.393 e. The van der Waals surface area contributed by atoms with E-state index >= 15 is 0 Å². The van der Waals surface area contributed by atoms with E-state index < -0.39 is 0 Å². The lowest BCUT2D eigenvalue weighted by atomic mass is 10.1. The fraction of sp³-hybridized carbons (Fsp3) is 0.500. The van der Waals surface area contributed by atoms with Crippen molar-refractivity contribution < 1.29 is 14.7 Å². The summed E-state index contributed by atoms with van der Waals surface area (Å²) in [6.07, 6.45) is 2.62. The van der Waals surface area contributed by atoms with Crippen molar-refractivity contribution in [1.29, 1.82) is 0 Å². The highest BCUT2D eigenvalue weighted by molar-refractivity contribution is 5.94. The van der Waals surface area contributed by atoms with Gasteiger partial charge in [0, 0.05) is 25.1 Å². The average Bonchev–Trinajstić information content (AvgIpc) is 2.91. The van der Waals surface area contributed by atoms with Crippen LogP contribution in [0.1, 0.15) is 36.0 Å². The van der Waals surface area contributed by atoms with Crippen molar-refractivity contribution in [2.45, 2.75) is 31.8 Å². The van der Waals surface area contributed by atoms with Crippen LogP contribution in [0.5, 0.6) is 0 Å². The van der Waals surface area contributed by atoms with Crippen molar-refractivity contribution in [2.75, 3.05) is 13.1 Å². The summed E-state index contributed by atoms with van der Waals surface area (Å²) in [6, 6.07) is 8.93. The second-order valence-electron chi connectivity index (χ2n) is 5.51. The molecule has 0 heterocycles. The van der Waals surface area contributed by atoms with Gasteiger partial charge in [-0.1, -0.05) is 18.2 Å². The van der Waals surface area contributed by atoms with Gasteiger partial charge in [0.25, 0.3) is 5.91 Å². The topological polar surface area (TPSA) is 78.4 Å². The van der Waals surface area contributed by atoms with Crippen LogP contribution in [0.15, 0.2) is 30.3 Å². The molecule has 0 spiro atoms. The molecule has 0 aromatic heterocycles. The van der Waals surface area contributed by atoms with E-state index in [-0.39, 0.29) is 24.3 Å². The van der Waals surface area contributed by atoms with Gasteiger partial charge >= 0.3 is 0 Å². The molecule has 2 amide bonds. The summed E-state index contributed by atoms with van der Waals surface area (Å²) >= 11 is 0. The number of aliphatic hydroxyl groups excluding tert-OH is 1. The van der Waals surface area contributed by atoms with E-state index in [1.54, 1.807) is 24.3 Å². The summed E-state index contributed by atoms with van der Waals surface area (Å²) in [5.74, 6) is 0.148. The minimum atomic E-state index is -0.211. The van der Waals surface area contributed by atoms with Gasteiger partial charge in [-0.15, -0.1) is 0 Å². The quantitative estimate of drug-likeness (QED) is 0.733. The highest BCUT2D eigenvalue weighted by Gasteiger charge is 2.22. The molecule has 1 aliphatic rings. The third kappa shape index (κ3) is 5.19. The smallest absolute Gasteiger partial charge is 0.251 e. The molecule has 1 aromatic carbocycles. The fourth-order valence-electron chi connectivity index (χ4n) is 2.56. The third-order valence-electron chi connectivity index (χ3n) is 3.78. The zero-order valence-corrected chi connectivity index (χ0v) is 12.0. The standard InChI is InChI=1S/C16H22N2O3/c19-14-7-6-12(10-14)11-18-15(20)8-9-17-16(21)13-4-2-1-3-5-13/h1-5,12,14,19H,6-11H2,(H,17,21)(H,18,20). The van der Waals surface area contributed by atoms with Gasteiger partial charge in [-0.2, -0.15) is 0 Å². The number of benzene rings is 1. The summed E-state index contributed by atoms with van der Waals surface area (Å²) in [6.45, 7) is 0.940. The molecule has 114 valence electrons. The summed E-state index contributed by atoms with van der Waals surface area (Å²) in [5, 5.41) is 15.0. The highest BCUT2D eigenvalue weighted by atomic mass is 16.3. The molecule has 3 N–H and O–H groups in total. The van der Waals surface area contributed by atoms with Gasteiger partial charge in [0.15, 0.2) is 0 Å². The Bertz CT molecular complexity index is 476. The highest BCUT2D eigenvalue weighted by Crippen LogP contribution is 2.24. The van der Waals surface area contributed by atoms with Gasteiger partial charge in [0.05, 0.1) is 6.10 Å². The first-order valence-corrected chi connectivity index (χ1v) is 7.43. The molecule has 1 fully saturated rings. The van der Waals surface area contributed by atoms with E-state index in [1.165, 1.54) is 0 Å². The van der Waals surface area contributed by atoms with Crippen LogP contribution >= 0.6 is 0 Å². The van der Waals surface area contributed by atoms with Crippen LogP contribution < -0.4 is 10.6 Å². The van der Waals surface area contributed by atoms with Crippen molar-refractivity contribution in [3.63, 3.8) is 0 Å². The molecule has 5 nitrogen and oxygen atoms in total. The molecular weight excluding hydrogens is 268 g/mol. The van der Waals surface area contributed by atoms with Crippen molar-refractivity contribution in [3.05, 3.63) is 35.9 Å². The third-order valence-corrected chi connectivity index (χ3v) is 3.78. The Hall–Kier alpha value is -1.88. The summed E-state index contributed by atoms with van der Waals surface area (Å²) in [7, 11) is 0. The van der Waals surface area contributed by atoms with Crippen molar-refractivity contribution in [2.24, 2.45) is 5.92 Å². The number of amides is 2. The van der Waals surface area contributed by atoms with Crippen LogP contribution in [0.2, 0.25) is 0 Å². The Morgan fingerprint density at radius 3 is 2.57 bits per heavy atom. The molecule has 2 rings (SSSR count). The van der Waals surface area contributed by atoms with E-state index in [0.717, 1.165) is 19.3 Å². The zero-order valence-electron chi connectivity index (χ0n) is 12.0. The molecule has 1 aliphatic carbocycles. The van der Waals surface area contributed by atoms with Crippen LogP contribution in [0.3, 0.4) is 0 Å². The summed E-state index contributed by atoms with van der Waals surface area (Å²) < 4.78 is 0. The van der Waals surface area contributed by atoms with Gasteiger partial charge in [0.2, 0.25) is 5.91 Å². The SMILES string of the molecule is O=C(CCNC(=O)c1ccccc1)NCC1CCC(O)C1. The lowest BCUT2D eigenvalue weighted by molar-refractivity contribution is -0.121. The molecule has 1 aromatic rings. The molecular formula is C16H22N2O3. The molecule has 0 saturated heterocycles. The van der Waals surface area contributed by atoms with Gasteiger partial charge in [-0.3, -0.25) is 9.59 Å². The number of nitrogens with one attached hydrogen (secondary N) is 2. The van der Waals surface area contributed by atoms with Crippen molar-refractivity contribution in [1.82, 2.24) is 10.6 Å². The predicted octanol–water partition coefficient (Wildman–Crippen LogP) is 1.08. The first-order valence-electron chi connectivity index (χ1n) is 7.43.